The maximum Gasteiger partial charge on any atom is 2.00 e. The van der Waals surface area contributed by atoms with Crippen LogP contribution in [-0.4, -0.2) is 62.6 Å². The van der Waals surface area contributed by atoms with Crippen LogP contribution >= 0.6 is 0 Å². The number of hydrogen-bond acceptors (Lipinski definition) is 5. The summed E-state index contributed by atoms with van der Waals surface area (Å²) in [6.07, 6.45) is 0. The molecule has 0 aromatic heterocycles. The average molecular weight is 249 g/mol. The van der Waals surface area contributed by atoms with Crippen molar-refractivity contribution in [3.05, 3.63) is 12.3 Å². The van der Waals surface area contributed by atoms with Crippen LogP contribution in [0.15, 0.2) is 12.3 Å². The normalized spacial score (nSPS) is 9.27. The Morgan fingerprint density at radius 3 is 1.33 bits per heavy atom. The summed E-state index contributed by atoms with van der Waals surface area (Å²) in [4.78, 5) is 0. The van der Waals surface area contributed by atoms with E-state index in [1.165, 1.54) is 0 Å². The van der Waals surface area contributed by atoms with Gasteiger partial charge in [-0.15, -0.1) is 0 Å². The topological polar surface area (TPSA) is 87.7 Å². The Labute approximate surface area is 109 Å². The first-order valence-electron chi connectivity index (χ1n) is 4.30. The summed E-state index contributed by atoms with van der Waals surface area (Å²) in [6, 6.07) is 0. The first-order valence-corrected chi connectivity index (χ1v) is 6.10. The first-order chi connectivity index (χ1) is 5.74. The minimum atomic E-state index is -2.51. The molecule has 2 N–H and O–H groups in total. The van der Waals surface area contributed by atoms with Gasteiger partial charge in [0.1, 0.15) is 0 Å². The molecule has 0 spiro atoms. The molecule has 0 rings (SSSR count). The van der Waals surface area contributed by atoms with Crippen LogP contribution < -0.4 is 0 Å². The van der Waals surface area contributed by atoms with E-state index in [9.17, 15) is 0 Å². The van der Waals surface area contributed by atoms with E-state index in [2.05, 4.69) is 6.58 Å². The van der Waals surface area contributed by atoms with E-state index in [1.54, 1.807) is 5.70 Å². The molecule has 7 heteroatoms. The van der Waals surface area contributed by atoms with Gasteiger partial charge in [0.2, 0.25) is 0 Å². The summed E-state index contributed by atoms with van der Waals surface area (Å²) in [6.45, 7) is 11.2. The molecule has 0 saturated carbocycles. The van der Waals surface area contributed by atoms with Crippen LogP contribution in [-0.2, 0) is 13.3 Å². The van der Waals surface area contributed by atoms with Crippen LogP contribution in [0.5, 0.6) is 0 Å². The van der Waals surface area contributed by atoms with Crippen molar-refractivity contribution in [3.63, 3.8) is 0 Å². The number of hydrogen-bond donors (Lipinski definition) is 0. The van der Waals surface area contributed by atoms with E-state index < -0.39 is 8.80 Å². The molecule has 0 radical (unpaired) electrons. The van der Waals surface area contributed by atoms with E-state index in [1.807, 2.05) is 20.8 Å². The zero-order valence-electron chi connectivity index (χ0n) is 9.73. The quantitative estimate of drug-likeness (QED) is 0.628. The second kappa shape index (κ2) is 14.5. The fourth-order valence-corrected chi connectivity index (χ4v) is 2.72. The molecule has 0 fully saturated rings. The third-order valence-corrected chi connectivity index (χ3v) is 3.86. The third kappa shape index (κ3) is 9.45. The van der Waals surface area contributed by atoms with E-state index in [0.717, 1.165) is 0 Å². The molecule has 0 aromatic rings. The molecule has 0 aliphatic carbocycles. The van der Waals surface area contributed by atoms with Gasteiger partial charge in [0.15, 0.2) is 0 Å². The van der Waals surface area contributed by atoms with Gasteiger partial charge in [-0.2, -0.15) is 0 Å². The van der Waals surface area contributed by atoms with E-state index in [0.29, 0.717) is 19.8 Å². The first kappa shape index (κ1) is 24.7. The smallest absolute Gasteiger partial charge is 0.870 e. The fraction of sp³-hybridized carbons (Fsp3) is 0.750. The van der Waals surface area contributed by atoms with Gasteiger partial charge < -0.3 is 24.2 Å². The van der Waals surface area contributed by atoms with Crippen molar-refractivity contribution in [3.8, 4) is 0 Å². The molecular weight excluding hydrogens is 228 g/mol. The van der Waals surface area contributed by atoms with Gasteiger partial charge in [0.05, 0.1) is 0 Å². The predicted molar refractivity (Wildman–Crippen MR) is 60.5 cm³/mol. The van der Waals surface area contributed by atoms with Crippen LogP contribution in [0.4, 0.5) is 0 Å². The largest absolute Gasteiger partial charge is 2.00 e. The Balaban J connectivity index is -0.000000202. The van der Waals surface area contributed by atoms with E-state index in [4.69, 9.17) is 13.3 Å². The van der Waals surface area contributed by atoms with Gasteiger partial charge in [-0.3, -0.25) is 0 Å². The second-order valence-corrected chi connectivity index (χ2v) is 4.59. The van der Waals surface area contributed by atoms with Crippen LogP contribution in [0.25, 0.3) is 0 Å². The van der Waals surface area contributed by atoms with Crippen molar-refractivity contribution in [2.75, 3.05) is 19.8 Å². The zero-order chi connectivity index (χ0) is 9.45. The van der Waals surface area contributed by atoms with Gasteiger partial charge >= 0.3 is 31.9 Å². The number of rotatable bonds is 7. The van der Waals surface area contributed by atoms with Crippen LogP contribution in [0.2, 0.25) is 0 Å². The SMILES string of the molecule is C=C[Si](OCC)(OCC)OCC.[Mg+2].[OH-].[OH-]. The van der Waals surface area contributed by atoms with Crippen molar-refractivity contribution < 1.29 is 24.2 Å². The van der Waals surface area contributed by atoms with Gasteiger partial charge in [-0.25, -0.2) is 0 Å². The Hall–Kier alpha value is 0.523. The minimum absolute atomic E-state index is 0. The fourth-order valence-electron chi connectivity index (χ4n) is 0.905. The van der Waals surface area contributed by atoms with E-state index in [-0.39, 0.29) is 34.0 Å². The monoisotopic (exact) mass is 248 g/mol. The van der Waals surface area contributed by atoms with Crippen molar-refractivity contribution >= 4 is 31.9 Å². The zero-order valence-corrected chi connectivity index (χ0v) is 12.1. The Morgan fingerprint density at radius 1 is 0.933 bits per heavy atom. The summed E-state index contributed by atoms with van der Waals surface area (Å²) in [7, 11) is -2.51. The molecule has 15 heavy (non-hydrogen) atoms. The third-order valence-electron chi connectivity index (χ3n) is 1.29. The molecule has 0 atom stereocenters. The standard InChI is InChI=1S/C8H18O3Si.Mg.2H2O/c1-5-9-12(8-4,10-6-2)11-7-3;;;/h8H,4-7H2,1-3H3;;2*1H2/q;+2;;/p-2. The van der Waals surface area contributed by atoms with Crippen LogP contribution in [0.1, 0.15) is 20.8 Å². The molecule has 5 nitrogen and oxygen atoms in total. The summed E-state index contributed by atoms with van der Waals surface area (Å²) in [5.41, 5.74) is 1.67. The van der Waals surface area contributed by atoms with Crippen molar-refractivity contribution in [2.24, 2.45) is 0 Å². The average Bonchev–Trinajstić information content (AvgIpc) is 2.06. The maximum atomic E-state index is 5.44. The maximum absolute atomic E-state index is 5.44. The summed E-state index contributed by atoms with van der Waals surface area (Å²) >= 11 is 0. The molecule has 0 bridgehead atoms. The molecule has 88 valence electrons. The molecule has 0 heterocycles. The van der Waals surface area contributed by atoms with Crippen LogP contribution in [0, 0.1) is 0 Å². The summed E-state index contributed by atoms with van der Waals surface area (Å²) < 4.78 is 16.3. The van der Waals surface area contributed by atoms with Gasteiger partial charge in [0.25, 0.3) is 0 Å². The van der Waals surface area contributed by atoms with Crippen molar-refractivity contribution in [1.29, 1.82) is 0 Å². The van der Waals surface area contributed by atoms with Crippen molar-refractivity contribution in [2.45, 2.75) is 20.8 Å². The van der Waals surface area contributed by atoms with Gasteiger partial charge in [-0.1, -0.05) is 6.58 Å². The Bertz CT molecular complexity index is 119. The molecule has 0 aliphatic rings. The molecule has 0 aromatic carbocycles. The molecular formula is C8H20MgO5Si. The van der Waals surface area contributed by atoms with E-state index >= 15 is 0 Å². The summed E-state index contributed by atoms with van der Waals surface area (Å²) in [5, 5.41) is 0. The second-order valence-electron chi connectivity index (χ2n) is 2.11. The molecule has 0 aliphatic heterocycles. The molecule has 0 saturated heterocycles. The summed E-state index contributed by atoms with van der Waals surface area (Å²) in [5.74, 6) is 0. The predicted octanol–water partition coefficient (Wildman–Crippen LogP) is 1.03. The Morgan fingerprint density at radius 2 is 1.20 bits per heavy atom. The Kier molecular flexibility index (Phi) is 23.9. The minimum Gasteiger partial charge on any atom is -0.870 e. The van der Waals surface area contributed by atoms with Gasteiger partial charge in [-0.05, 0) is 26.5 Å². The van der Waals surface area contributed by atoms with Crippen LogP contribution in [0.3, 0.4) is 0 Å². The molecule has 0 amide bonds. The molecule has 0 unspecified atom stereocenters. The van der Waals surface area contributed by atoms with Crippen molar-refractivity contribution in [1.82, 2.24) is 0 Å². The van der Waals surface area contributed by atoms with Gasteiger partial charge in [0, 0.05) is 19.8 Å².